The third-order valence-corrected chi connectivity index (χ3v) is 3.49. The van der Waals surface area contributed by atoms with Crippen molar-refractivity contribution in [2.45, 2.75) is 32.8 Å². The van der Waals surface area contributed by atoms with E-state index >= 15 is 0 Å². The van der Waals surface area contributed by atoms with Crippen molar-refractivity contribution < 1.29 is 14.2 Å². The van der Waals surface area contributed by atoms with E-state index in [2.05, 4.69) is 26.9 Å². The maximum absolute atomic E-state index is 10.3. The predicted molar refractivity (Wildman–Crippen MR) is 91.6 cm³/mol. The minimum absolute atomic E-state index is 0.337. The summed E-state index contributed by atoms with van der Waals surface area (Å²) in [6.07, 6.45) is 5.24. The van der Waals surface area contributed by atoms with E-state index in [1.54, 1.807) is 31.5 Å². The van der Waals surface area contributed by atoms with Gasteiger partial charge in [0.15, 0.2) is 17.7 Å². The second kappa shape index (κ2) is 5.83. The molecule has 1 aromatic heterocycles. The first-order valence-corrected chi connectivity index (χ1v) is 7.71. The number of nitrogens with two attached hydrogens (primary N) is 1. The fraction of sp³-hybridized carbons (Fsp3) is 0.353. The molecule has 124 valence electrons. The minimum atomic E-state index is -1.08. The van der Waals surface area contributed by atoms with Gasteiger partial charge in [-0.05, 0) is 47.1 Å². The zero-order valence-corrected chi connectivity index (χ0v) is 13.9. The summed E-state index contributed by atoms with van der Waals surface area (Å²) in [7, 11) is 0. The molecule has 2 atom stereocenters. The summed E-state index contributed by atoms with van der Waals surface area (Å²) < 4.78 is 4.93. The van der Waals surface area contributed by atoms with Crippen molar-refractivity contribution in [3.63, 3.8) is 0 Å². The molecule has 2 aliphatic heterocycles. The molecule has 2 aliphatic rings. The Morgan fingerprint density at radius 2 is 2.25 bits per heavy atom. The molecule has 3 heterocycles. The van der Waals surface area contributed by atoms with Crippen LogP contribution >= 0.6 is 0 Å². The number of amidine groups is 2. The molecule has 0 spiro atoms. The van der Waals surface area contributed by atoms with Gasteiger partial charge in [-0.25, -0.2) is 4.99 Å². The molecule has 0 saturated heterocycles. The summed E-state index contributed by atoms with van der Waals surface area (Å²) in [6, 6.07) is 3.52. The number of hydrogen-bond donors (Lipinski definition) is 2. The molecule has 0 amide bonds. The van der Waals surface area contributed by atoms with Gasteiger partial charge in [0, 0.05) is 0 Å². The van der Waals surface area contributed by atoms with Crippen LogP contribution in [0.1, 0.15) is 33.0 Å². The maximum atomic E-state index is 10.3. The van der Waals surface area contributed by atoms with Gasteiger partial charge in [-0.15, -0.1) is 5.84 Å². The van der Waals surface area contributed by atoms with Crippen molar-refractivity contribution in [3.8, 4) is 11.8 Å². The van der Waals surface area contributed by atoms with Gasteiger partial charge in [0.1, 0.15) is 11.8 Å². The van der Waals surface area contributed by atoms with Gasteiger partial charge < -0.3 is 9.52 Å². The van der Waals surface area contributed by atoms with E-state index in [-0.39, 0.29) is 4.70 Å². The van der Waals surface area contributed by atoms with Crippen molar-refractivity contribution in [3.05, 3.63) is 36.1 Å². The van der Waals surface area contributed by atoms with Gasteiger partial charge in [0.25, 0.3) is 11.7 Å². The Bertz CT molecular complexity index is 819. The van der Waals surface area contributed by atoms with E-state index in [0.717, 1.165) is 0 Å². The Morgan fingerprint density at radius 3 is 2.92 bits per heavy atom. The SMILES string of the molecule is CC(C)CC(C)(O)C#CC1=C[N+]2(N)N=C(c3ccco3)N=C2C=N1. The Labute approximate surface area is 140 Å². The third kappa shape index (κ3) is 3.36. The Morgan fingerprint density at radius 1 is 1.46 bits per heavy atom. The van der Waals surface area contributed by atoms with Crippen molar-refractivity contribution in [1.82, 2.24) is 0 Å². The molecule has 2 unspecified atom stereocenters. The summed E-state index contributed by atoms with van der Waals surface area (Å²) in [5, 5.41) is 14.6. The first-order chi connectivity index (χ1) is 11.3. The van der Waals surface area contributed by atoms with Gasteiger partial charge in [-0.2, -0.15) is 4.99 Å². The van der Waals surface area contributed by atoms with Crippen LogP contribution in [0.15, 0.2) is 49.8 Å². The van der Waals surface area contributed by atoms with Gasteiger partial charge in [-0.3, -0.25) is 0 Å². The number of furan rings is 1. The van der Waals surface area contributed by atoms with Crippen LogP contribution in [0.25, 0.3) is 0 Å². The zero-order chi connectivity index (χ0) is 17.4. The lowest BCUT2D eigenvalue weighted by atomic mass is 9.95. The van der Waals surface area contributed by atoms with Crippen LogP contribution < -0.4 is 5.84 Å². The van der Waals surface area contributed by atoms with E-state index in [0.29, 0.717) is 35.5 Å². The highest BCUT2D eigenvalue weighted by atomic mass is 16.3. The summed E-state index contributed by atoms with van der Waals surface area (Å²) in [4.78, 5) is 8.57. The highest BCUT2D eigenvalue weighted by molar-refractivity contribution is 6.31. The minimum Gasteiger partial charge on any atom is -0.461 e. The van der Waals surface area contributed by atoms with E-state index in [9.17, 15) is 5.11 Å². The van der Waals surface area contributed by atoms with Crippen molar-refractivity contribution in [1.29, 1.82) is 0 Å². The van der Waals surface area contributed by atoms with Crippen LogP contribution in [0.4, 0.5) is 0 Å². The van der Waals surface area contributed by atoms with Crippen LogP contribution in [-0.4, -0.2) is 33.3 Å². The van der Waals surface area contributed by atoms with E-state index in [4.69, 9.17) is 10.3 Å². The number of rotatable bonds is 3. The van der Waals surface area contributed by atoms with Crippen molar-refractivity contribution in [2.75, 3.05) is 0 Å². The lowest BCUT2D eigenvalue weighted by Crippen LogP contribution is -2.50. The fourth-order valence-corrected chi connectivity index (χ4v) is 2.60. The molecular formula is C17H20N5O2+. The second-order valence-corrected chi connectivity index (χ2v) is 6.50. The van der Waals surface area contributed by atoms with E-state index < -0.39 is 5.60 Å². The Balaban J connectivity index is 1.86. The number of allylic oxidation sites excluding steroid dienone is 1. The van der Waals surface area contributed by atoms with Crippen LogP contribution in [0.2, 0.25) is 0 Å². The molecule has 3 N–H and O–H groups in total. The molecule has 3 rings (SSSR count). The number of aliphatic hydroxyl groups is 1. The largest absolute Gasteiger partial charge is 0.461 e. The summed E-state index contributed by atoms with van der Waals surface area (Å²) in [6.45, 7) is 5.76. The standard InChI is InChI=1S/C17H20N5O2/c1-12(2)9-17(3,23)7-6-13-11-22(18)15(10-19-13)20-16(21-22)14-5-4-8-24-14/h4-5,8,10-12,23H,9,18H2,1-3H3/q+1. The highest BCUT2D eigenvalue weighted by Crippen LogP contribution is 2.21. The molecule has 0 saturated carbocycles. The number of aliphatic imine (C=N–C) groups is 2. The van der Waals surface area contributed by atoms with Crippen LogP contribution in [-0.2, 0) is 0 Å². The molecule has 0 aliphatic carbocycles. The van der Waals surface area contributed by atoms with Crippen LogP contribution in [0.3, 0.4) is 0 Å². The predicted octanol–water partition coefficient (Wildman–Crippen LogP) is 1.77. The van der Waals surface area contributed by atoms with E-state index in [1.165, 1.54) is 6.21 Å². The first-order valence-electron chi connectivity index (χ1n) is 7.71. The van der Waals surface area contributed by atoms with Gasteiger partial charge in [-0.1, -0.05) is 19.8 Å². The number of hydrogen-bond acceptors (Lipinski definition) is 6. The number of fused-ring (bicyclic) bond motifs is 1. The Hall–Kier alpha value is -2.53. The topological polar surface area (TPSA) is 96.5 Å². The first kappa shape index (κ1) is 16.3. The molecule has 0 radical (unpaired) electrons. The fourth-order valence-electron chi connectivity index (χ4n) is 2.60. The highest BCUT2D eigenvalue weighted by Gasteiger charge is 2.39. The third-order valence-electron chi connectivity index (χ3n) is 3.49. The normalized spacial score (nSPS) is 24.5. The Kier molecular flexibility index (Phi) is 3.97. The second-order valence-electron chi connectivity index (χ2n) is 6.50. The van der Waals surface area contributed by atoms with E-state index in [1.807, 2.05) is 13.8 Å². The molecule has 1 aromatic rings. The maximum Gasteiger partial charge on any atom is 0.300 e. The number of quaternary nitrogens is 1. The monoisotopic (exact) mass is 326 g/mol. The smallest absolute Gasteiger partial charge is 0.300 e. The average molecular weight is 326 g/mol. The van der Waals surface area contributed by atoms with Gasteiger partial charge >= 0.3 is 0 Å². The average Bonchev–Trinajstić information content (AvgIpc) is 3.09. The molecule has 24 heavy (non-hydrogen) atoms. The van der Waals surface area contributed by atoms with Crippen molar-refractivity contribution >= 4 is 17.9 Å². The number of nitrogens with zero attached hydrogens (tertiary/aromatic N) is 4. The summed E-state index contributed by atoms with van der Waals surface area (Å²) in [5.74, 6) is 13.7. The molecule has 0 bridgehead atoms. The molecule has 0 fully saturated rings. The molecule has 0 aromatic carbocycles. The summed E-state index contributed by atoms with van der Waals surface area (Å²) >= 11 is 0. The zero-order valence-electron chi connectivity index (χ0n) is 13.9. The lowest BCUT2D eigenvalue weighted by molar-refractivity contribution is -0.803. The molecular weight excluding hydrogens is 306 g/mol. The van der Waals surface area contributed by atoms with Crippen LogP contribution in [0, 0.1) is 17.8 Å². The van der Waals surface area contributed by atoms with Gasteiger partial charge in [0.2, 0.25) is 0 Å². The van der Waals surface area contributed by atoms with Crippen LogP contribution in [0.5, 0.6) is 0 Å². The summed E-state index contributed by atoms with van der Waals surface area (Å²) in [5.41, 5.74) is -0.642. The van der Waals surface area contributed by atoms with Crippen molar-refractivity contribution in [2.24, 2.45) is 26.8 Å². The molecule has 7 heteroatoms. The van der Waals surface area contributed by atoms with Gasteiger partial charge in [0.05, 0.1) is 6.26 Å². The lowest BCUT2D eigenvalue weighted by Gasteiger charge is -2.19. The molecule has 7 nitrogen and oxygen atoms in total. The quantitative estimate of drug-likeness (QED) is 0.503.